The number of amides is 1. The number of ether oxygens (including phenoxy) is 2. The van der Waals surface area contributed by atoms with E-state index >= 15 is 0 Å². The van der Waals surface area contributed by atoms with E-state index in [1.807, 2.05) is 39.0 Å². The zero-order valence-corrected chi connectivity index (χ0v) is 15.0. The molecule has 0 bridgehead atoms. The van der Waals surface area contributed by atoms with Crippen LogP contribution >= 0.6 is 0 Å². The first-order chi connectivity index (χ1) is 11.4. The zero-order chi connectivity index (χ0) is 17.7. The van der Waals surface area contributed by atoms with Crippen molar-refractivity contribution >= 4 is 12.1 Å². The summed E-state index contributed by atoms with van der Waals surface area (Å²) < 4.78 is 10.3. The predicted molar refractivity (Wildman–Crippen MR) is 91.6 cm³/mol. The van der Waals surface area contributed by atoms with E-state index in [9.17, 15) is 9.59 Å². The second kappa shape index (κ2) is 8.18. The molecule has 1 aliphatic heterocycles. The summed E-state index contributed by atoms with van der Waals surface area (Å²) in [7, 11) is 0. The lowest BCUT2D eigenvalue weighted by Crippen LogP contribution is -2.50. The first-order valence-electron chi connectivity index (χ1n) is 8.62. The van der Waals surface area contributed by atoms with Crippen LogP contribution in [0.1, 0.15) is 43.4 Å². The molecule has 24 heavy (non-hydrogen) atoms. The molecule has 1 aliphatic rings. The molecule has 2 unspecified atom stereocenters. The van der Waals surface area contributed by atoms with Gasteiger partial charge in [-0.15, -0.1) is 0 Å². The monoisotopic (exact) mass is 333 g/mol. The summed E-state index contributed by atoms with van der Waals surface area (Å²) in [6.45, 7) is 8.63. The van der Waals surface area contributed by atoms with Gasteiger partial charge in [-0.2, -0.15) is 0 Å². The average Bonchev–Trinajstić information content (AvgIpc) is 2.53. The summed E-state index contributed by atoms with van der Waals surface area (Å²) in [4.78, 5) is 26.3. The lowest BCUT2D eigenvalue weighted by atomic mass is 9.95. The lowest BCUT2D eigenvalue weighted by molar-refractivity contribution is -0.151. The molecule has 1 aromatic carbocycles. The number of hydrogen-bond acceptors (Lipinski definition) is 4. The van der Waals surface area contributed by atoms with Gasteiger partial charge in [0.25, 0.3) is 0 Å². The Balaban J connectivity index is 2.14. The minimum atomic E-state index is -0.707. The summed E-state index contributed by atoms with van der Waals surface area (Å²) in [6.07, 6.45) is 0.920. The van der Waals surface area contributed by atoms with Gasteiger partial charge >= 0.3 is 6.16 Å². The van der Waals surface area contributed by atoms with Gasteiger partial charge in [0.15, 0.2) is 6.23 Å². The Labute approximate surface area is 143 Å². The Morgan fingerprint density at radius 1 is 1.25 bits per heavy atom. The number of piperidine rings is 1. The number of nitrogens with zero attached hydrogens (tertiary/aromatic N) is 1. The van der Waals surface area contributed by atoms with Gasteiger partial charge in [0, 0.05) is 12.5 Å². The van der Waals surface area contributed by atoms with E-state index < -0.39 is 12.4 Å². The minimum Gasteiger partial charge on any atom is -0.435 e. The first-order valence-corrected chi connectivity index (χ1v) is 8.62. The van der Waals surface area contributed by atoms with Crippen molar-refractivity contribution in [2.75, 3.05) is 13.2 Å². The summed E-state index contributed by atoms with van der Waals surface area (Å²) in [5.74, 6) is 0.0957. The number of rotatable bonds is 4. The van der Waals surface area contributed by atoms with Crippen LogP contribution in [0.25, 0.3) is 0 Å². The van der Waals surface area contributed by atoms with Gasteiger partial charge in [0.1, 0.15) is 0 Å². The highest BCUT2D eigenvalue weighted by molar-refractivity contribution is 5.80. The second-order valence-corrected chi connectivity index (χ2v) is 6.45. The standard InChI is InChI=1S/C19H27NO4/c1-5-23-19(22)24-18-15(4)10-7-11-20(18)17(21)12-16-13(2)8-6-9-14(16)3/h6,8-9,15,18H,5,7,10-12H2,1-4H3. The minimum absolute atomic E-state index is 0.00625. The van der Waals surface area contributed by atoms with Crippen LogP contribution in [0.4, 0.5) is 4.79 Å². The van der Waals surface area contributed by atoms with Gasteiger partial charge in [0.2, 0.25) is 5.91 Å². The molecule has 1 saturated heterocycles. The third-order valence-corrected chi connectivity index (χ3v) is 4.62. The van der Waals surface area contributed by atoms with Crippen LogP contribution in [-0.2, 0) is 20.7 Å². The van der Waals surface area contributed by atoms with Gasteiger partial charge < -0.3 is 14.4 Å². The van der Waals surface area contributed by atoms with Gasteiger partial charge in [-0.1, -0.05) is 25.1 Å². The molecule has 0 spiro atoms. The van der Waals surface area contributed by atoms with Crippen LogP contribution < -0.4 is 0 Å². The maximum absolute atomic E-state index is 12.9. The fourth-order valence-corrected chi connectivity index (χ4v) is 3.24. The third kappa shape index (κ3) is 4.28. The first kappa shape index (κ1) is 18.3. The molecule has 0 aromatic heterocycles. The maximum atomic E-state index is 12.9. The summed E-state index contributed by atoms with van der Waals surface area (Å²) in [6, 6.07) is 6.02. The molecular formula is C19H27NO4. The van der Waals surface area contributed by atoms with E-state index in [4.69, 9.17) is 9.47 Å². The van der Waals surface area contributed by atoms with Crippen molar-refractivity contribution in [3.05, 3.63) is 34.9 Å². The van der Waals surface area contributed by atoms with Crippen LogP contribution in [0.5, 0.6) is 0 Å². The van der Waals surface area contributed by atoms with Crippen molar-refractivity contribution < 1.29 is 19.1 Å². The van der Waals surface area contributed by atoms with E-state index in [0.717, 1.165) is 29.5 Å². The van der Waals surface area contributed by atoms with E-state index in [1.54, 1.807) is 11.8 Å². The molecule has 0 radical (unpaired) electrons. The van der Waals surface area contributed by atoms with E-state index in [1.165, 1.54) is 0 Å². The van der Waals surface area contributed by atoms with Crippen molar-refractivity contribution in [1.82, 2.24) is 4.90 Å². The third-order valence-electron chi connectivity index (χ3n) is 4.62. The molecule has 0 saturated carbocycles. The molecule has 5 heteroatoms. The molecule has 132 valence electrons. The highest BCUT2D eigenvalue weighted by Crippen LogP contribution is 2.26. The van der Waals surface area contributed by atoms with Gasteiger partial charge in [-0.25, -0.2) is 4.79 Å². The van der Waals surface area contributed by atoms with Crippen LogP contribution in [0.3, 0.4) is 0 Å². The number of aryl methyl sites for hydroxylation is 2. The summed E-state index contributed by atoms with van der Waals surface area (Å²) in [5.41, 5.74) is 3.27. The Hall–Kier alpha value is -2.04. The second-order valence-electron chi connectivity index (χ2n) is 6.45. The Morgan fingerprint density at radius 3 is 2.54 bits per heavy atom. The van der Waals surface area contributed by atoms with Crippen molar-refractivity contribution in [2.24, 2.45) is 5.92 Å². The maximum Gasteiger partial charge on any atom is 0.510 e. The molecule has 1 amide bonds. The van der Waals surface area contributed by atoms with Crippen LogP contribution in [0.15, 0.2) is 18.2 Å². The zero-order valence-electron chi connectivity index (χ0n) is 15.0. The molecule has 2 atom stereocenters. The number of likely N-dealkylation sites (tertiary alicyclic amines) is 1. The van der Waals surface area contributed by atoms with Crippen molar-refractivity contribution in [3.8, 4) is 0 Å². The summed E-state index contributed by atoms with van der Waals surface area (Å²) >= 11 is 0. The average molecular weight is 333 g/mol. The smallest absolute Gasteiger partial charge is 0.435 e. The van der Waals surface area contributed by atoms with E-state index in [2.05, 4.69) is 0 Å². The Bertz CT molecular complexity index is 579. The number of benzene rings is 1. The largest absolute Gasteiger partial charge is 0.510 e. The lowest BCUT2D eigenvalue weighted by Gasteiger charge is -2.38. The number of carbonyl (C=O) groups excluding carboxylic acids is 2. The Morgan fingerprint density at radius 2 is 1.92 bits per heavy atom. The predicted octanol–water partition coefficient (Wildman–Crippen LogP) is 3.60. The topological polar surface area (TPSA) is 55.8 Å². The fraction of sp³-hybridized carbons (Fsp3) is 0.579. The molecule has 2 rings (SSSR count). The van der Waals surface area contributed by atoms with Crippen LogP contribution in [0, 0.1) is 19.8 Å². The molecule has 0 N–H and O–H groups in total. The van der Waals surface area contributed by atoms with Crippen molar-refractivity contribution in [1.29, 1.82) is 0 Å². The molecule has 1 heterocycles. The van der Waals surface area contributed by atoms with Crippen molar-refractivity contribution in [3.63, 3.8) is 0 Å². The highest BCUT2D eigenvalue weighted by atomic mass is 16.7. The van der Waals surface area contributed by atoms with E-state index in [0.29, 0.717) is 13.0 Å². The van der Waals surface area contributed by atoms with Crippen LogP contribution in [0.2, 0.25) is 0 Å². The van der Waals surface area contributed by atoms with E-state index in [-0.39, 0.29) is 18.4 Å². The molecule has 1 aromatic rings. The summed E-state index contributed by atoms with van der Waals surface area (Å²) in [5, 5.41) is 0. The van der Waals surface area contributed by atoms with Gasteiger partial charge in [-0.05, 0) is 50.3 Å². The molecule has 1 fully saturated rings. The molecule has 5 nitrogen and oxygen atoms in total. The number of carbonyl (C=O) groups is 2. The fourth-order valence-electron chi connectivity index (χ4n) is 3.24. The molecule has 0 aliphatic carbocycles. The number of hydrogen-bond donors (Lipinski definition) is 0. The SMILES string of the molecule is CCOC(=O)OC1C(C)CCCN1C(=O)Cc1c(C)cccc1C. The highest BCUT2D eigenvalue weighted by Gasteiger charge is 2.35. The molecular weight excluding hydrogens is 306 g/mol. The normalized spacial score (nSPS) is 20.6. The quantitative estimate of drug-likeness (QED) is 0.790. The Kier molecular flexibility index (Phi) is 6.23. The van der Waals surface area contributed by atoms with Crippen molar-refractivity contribution in [2.45, 2.75) is 53.2 Å². The van der Waals surface area contributed by atoms with Gasteiger partial charge in [-0.3, -0.25) is 4.79 Å². The van der Waals surface area contributed by atoms with Crippen LogP contribution in [-0.4, -0.2) is 36.3 Å². The van der Waals surface area contributed by atoms with Gasteiger partial charge in [0.05, 0.1) is 13.0 Å².